The lowest BCUT2D eigenvalue weighted by molar-refractivity contribution is -0.115. The van der Waals surface area contributed by atoms with Gasteiger partial charge in [0.05, 0.1) is 12.1 Å². The molecule has 0 aliphatic rings. The fraction of sp³-hybridized carbons (Fsp3) is 0.111. The number of H-pyrrole nitrogens is 1. The van der Waals surface area contributed by atoms with Crippen molar-refractivity contribution in [3.8, 4) is 11.3 Å². The second-order valence-electron chi connectivity index (χ2n) is 5.37. The quantitative estimate of drug-likeness (QED) is 0.772. The van der Waals surface area contributed by atoms with Crippen LogP contribution >= 0.6 is 0 Å². The predicted octanol–water partition coefficient (Wildman–Crippen LogP) is 3.71. The molecule has 0 unspecified atom stereocenters. The first-order chi connectivity index (χ1) is 11.1. The van der Waals surface area contributed by atoms with Gasteiger partial charge in [0.1, 0.15) is 5.82 Å². The van der Waals surface area contributed by atoms with E-state index in [0.717, 1.165) is 17.0 Å². The summed E-state index contributed by atoms with van der Waals surface area (Å²) >= 11 is 0. The van der Waals surface area contributed by atoms with Gasteiger partial charge in [-0.2, -0.15) is 5.10 Å². The van der Waals surface area contributed by atoms with Crippen LogP contribution in [0.2, 0.25) is 0 Å². The number of hydrogen-bond donors (Lipinski definition) is 2. The Morgan fingerprint density at radius 2 is 2.00 bits per heavy atom. The molecule has 4 nitrogen and oxygen atoms in total. The van der Waals surface area contributed by atoms with E-state index in [0.29, 0.717) is 11.3 Å². The normalized spacial score (nSPS) is 10.5. The molecule has 1 heterocycles. The number of hydrogen-bond acceptors (Lipinski definition) is 2. The van der Waals surface area contributed by atoms with E-state index >= 15 is 0 Å². The van der Waals surface area contributed by atoms with Crippen LogP contribution in [0.15, 0.2) is 54.6 Å². The van der Waals surface area contributed by atoms with Crippen LogP contribution in [0, 0.1) is 12.7 Å². The Bertz CT molecular complexity index is 842. The van der Waals surface area contributed by atoms with Crippen LogP contribution in [0.25, 0.3) is 11.3 Å². The number of halogens is 1. The van der Waals surface area contributed by atoms with Crippen LogP contribution in [-0.2, 0) is 11.2 Å². The molecule has 0 fully saturated rings. The highest BCUT2D eigenvalue weighted by Gasteiger charge is 2.07. The topological polar surface area (TPSA) is 57.8 Å². The maximum atomic E-state index is 13.1. The van der Waals surface area contributed by atoms with Crippen molar-refractivity contribution in [1.82, 2.24) is 10.2 Å². The molecule has 3 aromatic rings. The van der Waals surface area contributed by atoms with Crippen molar-refractivity contribution >= 4 is 11.6 Å². The van der Waals surface area contributed by atoms with Crippen molar-refractivity contribution in [3.63, 3.8) is 0 Å². The molecule has 1 aromatic heterocycles. The summed E-state index contributed by atoms with van der Waals surface area (Å²) in [7, 11) is 0. The van der Waals surface area contributed by atoms with Crippen LogP contribution in [-0.4, -0.2) is 16.1 Å². The SMILES string of the molecule is Cc1cc(-c2cccc(NC(=O)Cc3cccc(F)c3)c2)n[nH]1. The highest BCUT2D eigenvalue weighted by atomic mass is 19.1. The van der Waals surface area contributed by atoms with Crippen LogP contribution in [0.5, 0.6) is 0 Å². The Hall–Kier alpha value is -2.95. The molecule has 0 spiro atoms. The summed E-state index contributed by atoms with van der Waals surface area (Å²) in [5.74, 6) is -0.530. The highest BCUT2D eigenvalue weighted by molar-refractivity contribution is 5.92. The van der Waals surface area contributed by atoms with Crippen molar-refractivity contribution in [2.24, 2.45) is 0 Å². The van der Waals surface area contributed by atoms with E-state index in [-0.39, 0.29) is 18.1 Å². The molecule has 2 N–H and O–H groups in total. The largest absolute Gasteiger partial charge is 0.326 e. The van der Waals surface area contributed by atoms with Crippen molar-refractivity contribution in [1.29, 1.82) is 0 Å². The molecule has 1 amide bonds. The summed E-state index contributed by atoms with van der Waals surface area (Å²) in [4.78, 5) is 12.1. The first-order valence-electron chi connectivity index (χ1n) is 7.27. The van der Waals surface area contributed by atoms with Gasteiger partial charge in [0, 0.05) is 16.9 Å². The van der Waals surface area contributed by atoms with Gasteiger partial charge in [-0.15, -0.1) is 0 Å². The van der Waals surface area contributed by atoms with Crippen molar-refractivity contribution in [2.75, 3.05) is 5.32 Å². The summed E-state index contributed by atoms with van der Waals surface area (Å²) in [6.07, 6.45) is 0.128. The molecule has 5 heteroatoms. The number of aromatic amines is 1. The number of aryl methyl sites for hydroxylation is 1. The predicted molar refractivity (Wildman–Crippen MR) is 87.5 cm³/mol. The smallest absolute Gasteiger partial charge is 0.228 e. The van der Waals surface area contributed by atoms with E-state index in [9.17, 15) is 9.18 Å². The zero-order chi connectivity index (χ0) is 16.2. The van der Waals surface area contributed by atoms with Crippen LogP contribution in [0.4, 0.5) is 10.1 Å². The third kappa shape index (κ3) is 3.83. The van der Waals surface area contributed by atoms with Gasteiger partial charge >= 0.3 is 0 Å². The van der Waals surface area contributed by atoms with E-state index < -0.39 is 0 Å². The number of benzene rings is 2. The van der Waals surface area contributed by atoms with Crippen molar-refractivity contribution in [3.05, 3.63) is 71.7 Å². The monoisotopic (exact) mass is 309 g/mol. The number of amides is 1. The number of aromatic nitrogens is 2. The fourth-order valence-corrected chi connectivity index (χ4v) is 2.36. The molecule has 0 atom stereocenters. The Labute approximate surface area is 133 Å². The second kappa shape index (κ2) is 6.44. The highest BCUT2D eigenvalue weighted by Crippen LogP contribution is 2.21. The average Bonchev–Trinajstić information content (AvgIpc) is 2.94. The lowest BCUT2D eigenvalue weighted by Crippen LogP contribution is -2.14. The van der Waals surface area contributed by atoms with Crippen molar-refractivity contribution in [2.45, 2.75) is 13.3 Å². The van der Waals surface area contributed by atoms with Crippen LogP contribution in [0.3, 0.4) is 0 Å². The third-order valence-corrected chi connectivity index (χ3v) is 3.40. The van der Waals surface area contributed by atoms with Gasteiger partial charge in [-0.25, -0.2) is 4.39 Å². The summed E-state index contributed by atoms with van der Waals surface area (Å²) < 4.78 is 13.1. The Kier molecular flexibility index (Phi) is 4.19. The maximum Gasteiger partial charge on any atom is 0.228 e. The standard InChI is InChI=1S/C18H16FN3O/c1-12-8-17(22-21-12)14-5-3-7-16(11-14)20-18(23)10-13-4-2-6-15(19)9-13/h2-9,11H,10H2,1H3,(H,20,23)(H,21,22). The first-order valence-corrected chi connectivity index (χ1v) is 7.27. The lowest BCUT2D eigenvalue weighted by Gasteiger charge is -2.07. The molecule has 0 radical (unpaired) electrons. The Morgan fingerprint density at radius 3 is 2.74 bits per heavy atom. The van der Waals surface area contributed by atoms with E-state index in [2.05, 4.69) is 15.5 Å². The van der Waals surface area contributed by atoms with Crippen molar-refractivity contribution < 1.29 is 9.18 Å². The molecule has 116 valence electrons. The summed E-state index contributed by atoms with van der Waals surface area (Å²) in [6, 6.07) is 15.4. The van der Waals surface area contributed by atoms with Crippen LogP contribution < -0.4 is 5.32 Å². The molecule has 0 aliphatic carbocycles. The molecule has 0 saturated carbocycles. The van der Waals surface area contributed by atoms with Gasteiger partial charge in [-0.1, -0.05) is 24.3 Å². The number of nitrogens with zero attached hydrogens (tertiary/aromatic N) is 1. The number of nitrogens with one attached hydrogen (secondary N) is 2. The summed E-state index contributed by atoms with van der Waals surface area (Å²) in [5, 5.41) is 9.92. The van der Waals surface area contributed by atoms with Gasteiger partial charge in [-0.05, 0) is 42.8 Å². The van der Waals surface area contributed by atoms with Gasteiger partial charge < -0.3 is 5.32 Å². The first kappa shape index (κ1) is 15.0. The zero-order valence-electron chi connectivity index (χ0n) is 12.6. The minimum atomic E-state index is -0.341. The molecule has 2 aromatic carbocycles. The molecular weight excluding hydrogens is 293 g/mol. The number of rotatable bonds is 4. The number of carbonyl (C=O) groups is 1. The molecule has 23 heavy (non-hydrogen) atoms. The Balaban J connectivity index is 1.71. The fourth-order valence-electron chi connectivity index (χ4n) is 2.36. The summed E-state index contributed by atoms with van der Waals surface area (Å²) in [5.41, 5.74) is 4.04. The maximum absolute atomic E-state index is 13.1. The lowest BCUT2D eigenvalue weighted by atomic mass is 10.1. The number of anilines is 1. The zero-order valence-corrected chi connectivity index (χ0v) is 12.6. The molecular formula is C18H16FN3O. The van der Waals surface area contributed by atoms with Gasteiger partial charge in [-0.3, -0.25) is 9.89 Å². The number of carbonyl (C=O) groups excluding carboxylic acids is 1. The second-order valence-corrected chi connectivity index (χ2v) is 5.37. The van der Waals surface area contributed by atoms with Gasteiger partial charge in [0.25, 0.3) is 0 Å². The van der Waals surface area contributed by atoms with E-state index in [1.165, 1.54) is 12.1 Å². The van der Waals surface area contributed by atoms with Gasteiger partial charge in [0.2, 0.25) is 5.91 Å². The molecule has 0 aliphatic heterocycles. The average molecular weight is 309 g/mol. The van der Waals surface area contributed by atoms with E-state index in [1.807, 2.05) is 37.3 Å². The summed E-state index contributed by atoms with van der Waals surface area (Å²) in [6.45, 7) is 1.93. The molecule has 0 saturated heterocycles. The molecule has 0 bridgehead atoms. The Morgan fingerprint density at radius 1 is 1.17 bits per heavy atom. The van der Waals surface area contributed by atoms with E-state index in [4.69, 9.17) is 0 Å². The minimum Gasteiger partial charge on any atom is -0.326 e. The van der Waals surface area contributed by atoms with Gasteiger partial charge in [0.15, 0.2) is 0 Å². The minimum absolute atomic E-state index is 0.128. The van der Waals surface area contributed by atoms with Crippen LogP contribution in [0.1, 0.15) is 11.3 Å². The molecule has 3 rings (SSSR count). The third-order valence-electron chi connectivity index (χ3n) is 3.40. The van der Waals surface area contributed by atoms with E-state index in [1.54, 1.807) is 12.1 Å².